The molecule has 4 heteroatoms. The van der Waals surface area contributed by atoms with E-state index < -0.39 is 0 Å². The van der Waals surface area contributed by atoms with Gasteiger partial charge in [-0.05, 0) is 54.5 Å². The smallest absolute Gasteiger partial charge is 0.123 e. The first-order valence-electron chi connectivity index (χ1n) is 9.15. The molecule has 27 heavy (non-hydrogen) atoms. The molecule has 134 valence electrons. The number of fused-ring (bicyclic) bond motifs is 1. The van der Waals surface area contributed by atoms with Crippen molar-refractivity contribution in [1.29, 1.82) is 5.26 Å². The van der Waals surface area contributed by atoms with Crippen LogP contribution in [-0.4, -0.2) is 4.98 Å². The largest absolute Gasteiger partial charge is 0.240 e. The number of nitrogens with zero attached hydrogens (tertiary/aromatic N) is 2. The van der Waals surface area contributed by atoms with Gasteiger partial charge in [0.1, 0.15) is 16.9 Å². The molecule has 2 nitrogen and oxygen atoms in total. The number of pyridine rings is 1. The third-order valence-electron chi connectivity index (χ3n) is 4.93. The topological polar surface area (TPSA) is 36.7 Å². The van der Waals surface area contributed by atoms with Gasteiger partial charge in [-0.2, -0.15) is 5.26 Å². The van der Waals surface area contributed by atoms with Crippen molar-refractivity contribution in [3.8, 4) is 17.3 Å². The normalized spacial score (nSPS) is 13.0. The molecule has 2 aromatic carbocycles. The van der Waals surface area contributed by atoms with Crippen LogP contribution in [0.5, 0.6) is 0 Å². The van der Waals surface area contributed by atoms with Crippen molar-refractivity contribution < 1.29 is 4.39 Å². The lowest BCUT2D eigenvalue weighted by atomic mass is 9.86. The first kappa shape index (κ1) is 17.8. The zero-order valence-electron chi connectivity index (χ0n) is 14.9. The van der Waals surface area contributed by atoms with Gasteiger partial charge in [0.15, 0.2) is 0 Å². The van der Waals surface area contributed by atoms with Crippen molar-refractivity contribution in [3.05, 3.63) is 82.7 Å². The van der Waals surface area contributed by atoms with Gasteiger partial charge in [-0.3, -0.25) is 0 Å². The van der Waals surface area contributed by atoms with Gasteiger partial charge in [-0.1, -0.05) is 42.5 Å². The summed E-state index contributed by atoms with van der Waals surface area (Å²) in [5.74, 6) is 0.425. The lowest BCUT2D eigenvalue weighted by molar-refractivity contribution is 0.627. The lowest BCUT2D eigenvalue weighted by Crippen LogP contribution is -2.10. The van der Waals surface area contributed by atoms with Crippen LogP contribution in [0.1, 0.15) is 35.1 Å². The monoisotopic (exact) mass is 374 g/mol. The standard InChI is InChI=1S/C23H19FN2S/c24-18-12-10-16(11-13-18)15-27-23-21(14-25)19-8-4-5-9-20(19)22(26-23)17-6-2-1-3-7-17/h1-3,6-7,10-13H,4-5,8-9,15H2. The summed E-state index contributed by atoms with van der Waals surface area (Å²) in [4.78, 5) is 4.93. The molecular weight excluding hydrogens is 355 g/mol. The Morgan fingerprint density at radius 2 is 1.67 bits per heavy atom. The fraction of sp³-hybridized carbons (Fsp3) is 0.217. The van der Waals surface area contributed by atoms with Gasteiger partial charge in [-0.15, -0.1) is 11.8 Å². The van der Waals surface area contributed by atoms with Crippen LogP contribution in [-0.2, 0) is 18.6 Å². The molecular formula is C23H19FN2S. The molecule has 0 aliphatic heterocycles. The third kappa shape index (κ3) is 3.74. The van der Waals surface area contributed by atoms with Crippen molar-refractivity contribution in [3.63, 3.8) is 0 Å². The summed E-state index contributed by atoms with van der Waals surface area (Å²) in [5.41, 5.74) is 6.24. The Morgan fingerprint density at radius 1 is 0.963 bits per heavy atom. The Kier molecular flexibility index (Phi) is 5.22. The summed E-state index contributed by atoms with van der Waals surface area (Å²) in [6.45, 7) is 0. The molecule has 4 rings (SSSR count). The van der Waals surface area contributed by atoms with E-state index >= 15 is 0 Å². The van der Waals surface area contributed by atoms with Gasteiger partial charge in [0.05, 0.1) is 11.3 Å². The molecule has 0 unspecified atom stereocenters. The average Bonchev–Trinajstić information content (AvgIpc) is 2.73. The number of halogens is 1. The van der Waals surface area contributed by atoms with E-state index in [4.69, 9.17) is 4.98 Å². The highest BCUT2D eigenvalue weighted by Crippen LogP contribution is 2.37. The molecule has 0 saturated heterocycles. The first-order chi connectivity index (χ1) is 13.3. The van der Waals surface area contributed by atoms with E-state index in [1.165, 1.54) is 23.3 Å². The number of nitriles is 1. The molecule has 0 saturated carbocycles. The van der Waals surface area contributed by atoms with E-state index in [2.05, 4.69) is 18.2 Å². The molecule has 0 N–H and O–H groups in total. The van der Waals surface area contributed by atoms with Gasteiger partial charge in [0.25, 0.3) is 0 Å². The maximum atomic E-state index is 13.1. The van der Waals surface area contributed by atoms with Crippen molar-refractivity contribution in [2.75, 3.05) is 0 Å². The molecule has 1 aliphatic carbocycles. The van der Waals surface area contributed by atoms with Crippen LogP contribution in [0.4, 0.5) is 4.39 Å². The number of benzene rings is 2. The maximum Gasteiger partial charge on any atom is 0.123 e. The van der Waals surface area contributed by atoms with E-state index in [0.717, 1.165) is 53.1 Å². The number of hydrogen-bond acceptors (Lipinski definition) is 3. The Morgan fingerprint density at radius 3 is 2.37 bits per heavy atom. The minimum Gasteiger partial charge on any atom is -0.240 e. The van der Waals surface area contributed by atoms with Crippen LogP contribution in [0.15, 0.2) is 59.6 Å². The second-order valence-corrected chi connectivity index (χ2v) is 7.66. The van der Waals surface area contributed by atoms with Crippen molar-refractivity contribution in [2.45, 2.75) is 36.5 Å². The van der Waals surface area contributed by atoms with E-state index in [1.807, 2.05) is 18.2 Å². The van der Waals surface area contributed by atoms with Gasteiger partial charge in [0.2, 0.25) is 0 Å². The van der Waals surface area contributed by atoms with Crippen LogP contribution >= 0.6 is 11.8 Å². The second kappa shape index (κ2) is 7.94. The van der Waals surface area contributed by atoms with Crippen LogP contribution in [0.3, 0.4) is 0 Å². The highest BCUT2D eigenvalue weighted by Gasteiger charge is 2.23. The fourth-order valence-corrected chi connectivity index (χ4v) is 4.55. The Bertz CT molecular complexity index is 992. The molecule has 1 heterocycles. The van der Waals surface area contributed by atoms with Crippen LogP contribution in [0.25, 0.3) is 11.3 Å². The predicted molar refractivity (Wildman–Crippen MR) is 107 cm³/mol. The number of aromatic nitrogens is 1. The summed E-state index contributed by atoms with van der Waals surface area (Å²) in [6, 6.07) is 19.1. The highest BCUT2D eigenvalue weighted by molar-refractivity contribution is 7.98. The summed E-state index contributed by atoms with van der Waals surface area (Å²) in [6.07, 6.45) is 4.16. The highest BCUT2D eigenvalue weighted by atomic mass is 32.2. The lowest BCUT2D eigenvalue weighted by Gasteiger charge is -2.22. The molecule has 1 aromatic heterocycles. The molecule has 0 fully saturated rings. The third-order valence-corrected chi connectivity index (χ3v) is 5.98. The Labute approximate surface area is 163 Å². The van der Waals surface area contributed by atoms with Gasteiger partial charge < -0.3 is 0 Å². The van der Waals surface area contributed by atoms with Crippen LogP contribution in [0, 0.1) is 17.1 Å². The second-order valence-electron chi connectivity index (χ2n) is 6.70. The molecule has 3 aromatic rings. The molecule has 0 amide bonds. The van der Waals surface area contributed by atoms with E-state index in [1.54, 1.807) is 23.9 Å². The minimum absolute atomic E-state index is 0.236. The molecule has 0 radical (unpaired) electrons. The zero-order valence-corrected chi connectivity index (χ0v) is 15.7. The van der Waals surface area contributed by atoms with Gasteiger partial charge in [0, 0.05) is 11.3 Å². The Balaban J connectivity index is 1.76. The molecule has 1 aliphatic rings. The minimum atomic E-state index is -0.236. The summed E-state index contributed by atoms with van der Waals surface area (Å²) in [7, 11) is 0. The first-order valence-corrected chi connectivity index (χ1v) is 10.1. The maximum absolute atomic E-state index is 13.1. The SMILES string of the molecule is N#Cc1c(SCc2ccc(F)cc2)nc(-c2ccccc2)c2c1CCCC2. The van der Waals surface area contributed by atoms with Gasteiger partial charge in [-0.25, -0.2) is 9.37 Å². The molecule has 0 bridgehead atoms. The molecule has 0 atom stereocenters. The van der Waals surface area contributed by atoms with Crippen LogP contribution in [0.2, 0.25) is 0 Å². The number of rotatable bonds is 4. The molecule has 0 spiro atoms. The van der Waals surface area contributed by atoms with Crippen molar-refractivity contribution >= 4 is 11.8 Å². The number of thioether (sulfide) groups is 1. The average molecular weight is 374 g/mol. The van der Waals surface area contributed by atoms with E-state index in [0.29, 0.717) is 5.75 Å². The van der Waals surface area contributed by atoms with E-state index in [9.17, 15) is 9.65 Å². The van der Waals surface area contributed by atoms with Crippen molar-refractivity contribution in [2.24, 2.45) is 0 Å². The van der Waals surface area contributed by atoms with Crippen LogP contribution < -0.4 is 0 Å². The van der Waals surface area contributed by atoms with Crippen molar-refractivity contribution in [1.82, 2.24) is 4.98 Å². The van der Waals surface area contributed by atoms with E-state index in [-0.39, 0.29) is 5.82 Å². The quantitative estimate of drug-likeness (QED) is 0.531. The number of hydrogen-bond donors (Lipinski definition) is 0. The summed E-state index contributed by atoms with van der Waals surface area (Å²) < 4.78 is 13.1. The summed E-state index contributed by atoms with van der Waals surface area (Å²) >= 11 is 1.56. The zero-order chi connectivity index (χ0) is 18.6. The Hall–Kier alpha value is -2.64. The summed E-state index contributed by atoms with van der Waals surface area (Å²) in [5, 5.41) is 10.6. The fourth-order valence-electron chi connectivity index (χ4n) is 3.58. The van der Waals surface area contributed by atoms with Gasteiger partial charge >= 0.3 is 0 Å². The predicted octanol–water partition coefficient (Wildman–Crippen LogP) is 5.93.